The summed E-state index contributed by atoms with van der Waals surface area (Å²) >= 11 is 0. The van der Waals surface area contributed by atoms with Crippen molar-refractivity contribution >= 4 is 0 Å². The summed E-state index contributed by atoms with van der Waals surface area (Å²) in [6.45, 7) is 4.55. The monoisotopic (exact) mass is 294 g/mol. The van der Waals surface area contributed by atoms with Crippen molar-refractivity contribution in [1.29, 1.82) is 0 Å². The molecule has 2 rings (SSSR count). The van der Waals surface area contributed by atoms with Crippen LogP contribution < -0.4 is 5.32 Å². The van der Waals surface area contributed by atoms with Crippen molar-refractivity contribution in [2.75, 3.05) is 33.9 Å². The predicted octanol–water partition coefficient (Wildman–Crippen LogP) is 2.98. The van der Waals surface area contributed by atoms with Crippen LogP contribution in [-0.2, 0) is 4.74 Å². The summed E-state index contributed by atoms with van der Waals surface area (Å²) in [6, 6.07) is 7.12. The molecule has 0 radical (unpaired) electrons. The summed E-state index contributed by atoms with van der Waals surface area (Å²) in [5.74, 6) is -0.122. The van der Waals surface area contributed by atoms with Crippen molar-refractivity contribution in [2.24, 2.45) is 0 Å². The first-order valence-corrected chi connectivity index (χ1v) is 7.82. The summed E-state index contributed by atoms with van der Waals surface area (Å²) in [7, 11) is 4.24. The van der Waals surface area contributed by atoms with E-state index in [1.165, 1.54) is 6.07 Å². The Bertz CT molecular complexity index is 444. The van der Waals surface area contributed by atoms with E-state index in [2.05, 4.69) is 31.2 Å². The molecule has 1 fully saturated rings. The van der Waals surface area contributed by atoms with Crippen LogP contribution in [-0.4, -0.2) is 44.3 Å². The molecule has 1 aliphatic rings. The van der Waals surface area contributed by atoms with E-state index in [-0.39, 0.29) is 17.4 Å². The largest absolute Gasteiger partial charge is 0.381 e. The number of benzene rings is 1. The maximum Gasteiger partial charge on any atom is 0.127 e. The lowest BCUT2D eigenvalue weighted by atomic mass is 9.88. The molecule has 3 nitrogen and oxygen atoms in total. The van der Waals surface area contributed by atoms with Gasteiger partial charge in [0.1, 0.15) is 5.82 Å². The van der Waals surface area contributed by atoms with Crippen LogP contribution in [0.5, 0.6) is 0 Å². The fourth-order valence-electron chi connectivity index (χ4n) is 3.08. The molecule has 1 atom stereocenters. The molecule has 4 heteroatoms. The highest BCUT2D eigenvalue weighted by atomic mass is 19.1. The van der Waals surface area contributed by atoms with Crippen LogP contribution in [0.25, 0.3) is 0 Å². The van der Waals surface area contributed by atoms with Gasteiger partial charge in [0.15, 0.2) is 0 Å². The van der Waals surface area contributed by atoms with Crippen molar-refractivity contribution in [3.63, 3.8) is 0 Å². The van der Waals surface area contributed by atoms with Gasteiger partial charge in [-0.3, -0.25) is 0 Å². The van der Waals surface area contributed by atoms with E-state index in [1.807, 2.05) is 12.1 Å². The molecule has 0 saturated carbocycles. The fraction of sp³-hybridized carbons (Fsp3) is 0.647. The molecule has 0 bridgehead atoms. The topological polar surface area (TPSA) is 24.5 Å². The number of ether oxygens (including phenoxy) is 1. The van der Waals surface area contributed by atoms with Crippen LogP contribution in [0.1, 0.15) is 37.8 Å². The summed E-state index contributed by atoms with van der Waals surface area (Å²) < 4.78 is 19.5. The lowest BCUT2D eigenvalue weighted by molar-refractivity contribution is -0.00839. The first kappa shape index (κ1) is 16.4. The Morgan fingerprint density at radius 3 is 2.52 bits per heavy atom. The molecule has 0 aliphatic carbocycles. The minimum absolute atomic E-state index is 0.0610. The molecule has 0 spiro atoms. The molecule has 1 N–H and O–H groups in total. The molecule has 118 valence electrons. The van der Waals surface area contributed by atoms with Crippen LogP contribution in [0.4, 0.5) is 4.39 Å². The zero-order valence-corrected chi connectivity index (χ0v) is 13.4. The number of nitrogens with zero attached hydrogens (tertiary/aromatic N) is 1. The zero-order chi connectivity index (χ0) is 15.3. The lowest BCUT2D eigenvalue weighted by Gasteiger charge is -2.43. The van der Waals surface area contributed by atoms with Crippen LogP contribution in [0.2, 0.25) is 0 Å². The first-order chi connectivity index (χ1) is 10.1. The Hall–Kier alpha value is -0.970. The number of halogens is 1. The Morgan fingerprint density at radius 2 is 1.95 bits per heavy atom. The first-order valence-electron chi connectivity index (χ1n) is 7.82. The zero-order valence-electron chi connectivity index (χ0n) is 13.4. The minimum atomic E-state index is -0.122. The molecular formula is C17H27FN2O. The average Bonchev–Trinajstić information content (AvgIpc) is 2.50. The third-order valence-electron chi connectivity index (χ3n) is 4.74. The van der Waals surface area contributed by atoms with E-state index < -0.39 is 0 Å². The molecule has 1 saturated heterocycles. The maximum atomic E-state index is 14.0. The SMILES string of the molecule is CC[C@@H](NCC1(N(C)C)CCOCC1)c1ccccc1F. The molecule has 1 aromatic carbocycles. The lowest BCUT2D eigenvalue weighted by Crippen LogP contribution is -2.55. The minimum Gasteiger partial charge on any atom is -0.381 e. The highest BCUT2D eigenvalue weighted by Gasteiger charge is 2.35. The second kappa shape index (κ2) is 7.34. The Balaban J connectivity index is 2.06. The molecule has 0 unspecified atom stereocenters. The number of hydrogen-bond donors (Lipinski definition) is 1. The van der Waals surface area contributed by atoms with E-state index >= 15 is 0 Å². The predicted molar refractivity (Wildman–Crippen MR) is 83.9 cm³/mol. The number of likely N-dealkylation sites (N-methyl/N-ethyl adjacent to an activating group) is 1. The van der Waals surface area contributed by atoms with Gasteiger partial charge in [-0.25, -0.2) is 4.39 Å². The van der Waals surface area contributed by atoms with Gasteiger partial charge in [-0.15, -0.1) is 0 Å². The van der Waals surface area contributed by atoms with Gasteiger partial charge in [0.05, 0.1) is 0 Å². The normalized spacial score (nSPS) is 19.7. The molecule has 0 aromatic heterocycles. The third kappa shape index (κ3) is 3.82. The average molecular weight is 294 g/mol. The highest BCUT2D eigenvalue weighted by Crippen LogP contribution is 2.27. The van der Waals surface area contributed by atoms with Crippen molar-refractivity contribution in [3.8, 4) is 0 Å². The molecule has 1 aliphatic heterocycles. The van der Waals surface area contributed by atoms with Crippen LogP contribution >= 0.6 is 0 Å². The number of rotatable bonds is 6. The van der Waals surface area contributed by atoms with Gasteiger partial charge in [-0.2, -0.15) is 0 Å². The van der Waals surface area contributed by atoms with Crippen molar-refractivity contribution in [3.05, 3.63) is 35.6 Å². The smallest absolute Gasteiger partial charge is 0.127 e. The van der Waals surface area contributed by atoms with Gasteiger partial charge in [-0.1, -0.05) is 25.1 Å². The highest BCUT2D eigenvalue weighted by molar-refractivity contribution is 5.21. The van der Waals surface area contributed by atoms with Crippen molar-refractivity contribution in [2.45, 2.75) is 37.8 Å². The van der Waals surface area contributed by atoms with Crippen LogP contribution in [0, 0.1) is 5.82 Å². The summed E-state index contributed by atoms with van der Waals surface area (Å²) in [6.07, 6.45) is 2.91. The van der Waals surface area contributed by atoms with E-state index in [0.717, 1.165) is 44.6 Å². The van der Waals surface area contributed by atoms with Gasteiger partial charge in [0, 0.05) is 36.9 Å². The van der Waals surface area contributed by atoms with Crippen molar-refractivity contribution in [1.82, 2.24) is 10.2 Å². The van der Waals surface area contributed by atoms with E-state index in [9.17, 15) is 4.39 Å². The summed E-state index contributed by atoms with van der Waals surface area (Å²) in [5, 5.41) is 3.58. The quantitative estimate of drug-likeness (QED) is 0.873. The molecule has 0 amide bonds. The van der Waals surface area contributed by atoms with Crippen molar-refractivity contribution < 1.29 is 9.13 Å². The Morgan fingerprint density at radius 1 is 1.29 bits per heavy atom. The summed E-state index contributed by atoms with van der Waals surface area (Å²) in [4.78, 5) is 2.29. The molecular weight excluding hydrogens is 267 g/mol. The second-order valence-electron chi connectivity index (χ2n) is 6.09. The van der Waals surface area contributed by atoms with E-state index in [0.29, 0.717) is 0 Å². The van der Waals surface area contributed by atoms with Gasteiger partial charge in [-0.05, 0) is 39.4 Å². The maximum absolute atomic E-state index is 14.0. The van der Waals surface area contributed by atoms with Crippen LogP contribution in [0.3, 0.4) is 0 Å². The van der Waals surface area contributed by atoms with Gasteiger partial charge < -0.3 is 15.0 Å². The van der Waals surface area contributed by atoms with E-state index in [1.54, 1.807) is 6.07 Å². The third-order valence-corrected chi connectivity index (χ3v) is 4.74. The molecule has 1 aromatic rings. The summed E-state index contributed by atoms with van der Waals surface area (Å²) in [5.41, 5.74) is 0.873. The molecule has 21 heavy (non-hydrogen) atoms. The van der Waals surface area contributed by atoms with Crippen LogP contribution in [0.15, 0.2) is 24.3 Å². The standard InChI is InChI=1S/C17H27FN2O/c1-4-16(14-7-5-6-8-15(14)18)19-13-17(20(2)3)9-11-21-12-10-17/h5-8,16,19H,4,9-13H2,1-3H3/t16-/m1/s1. The molecule has 1 heterocycles. The second-order valence-corrected chi connectivity index (χ2v) is 6.09. The number of nitrogens with one attached hydrogen (secondary N) is 1. The Kier molecular flexibility index (Phi) is 5.73. The number of hydrogen-bond acceptors (Lipinski definition) is 3. The van der Waals surface area contributed by atoms with Gasteiger partial charge in [0.2, 0.25) is 0 Å². The van der Waals surface area contributed by atoms with E-state index in [4.69, 9.17) is 4.74 Å². The van der Waals surface area contributed by atoms with Gasteiger partial charge >= 0.3 is 0 Å². The van der Waals surface area contributed by atoms with Gasteiger partial charge in [0.25, 0.3) is 0 Å². The Labute approximate surface area is 127 Å². The fourth-order valence-corrected chi connectivity index (χ4v) is 3.08.